The van der Waals surface area contributed by atoms with Crippen molar-refractivity contribution in [2.75, 3.05) is 6.61 Å². The largest absolute Gasteiger partial charge is 0.466 e. The van der Waals surface area contributed by atoms with Gasteiger partial charge in [-0.25, -0.2) is 13.2 Å². The molecule has 0 aliphatic carbocycles. The average Bonchev–Trinajstić information content (AvgIpc) is 2.27. The third kappa shape index (κ3) is 4.39. The van der Waals surface area contributed by atoms with Gasteiger partial charge in [0.1, 0.15) is 17.5 Å². The van der Waals surface area contributed by atoms with Crippen molar-refractivity contribution in [3.8, 4) is 0 Å². The van der Waals surface area contributed by atoms with Crippen molar-refractivity contribution in [3.63, 3.8) is 0 Å². The van der Waals surface area contributed by atoms with E-state index in [4.69, 9.17) is 4.74 Å². The smallest absolute Gasteiger partial charge is 0.306 e. The molecule has 0 heterocycles. The molecular weight excluding hydrogens is 245 g/mol. The van der Waals surface area contributed by atoms with Crippen LogP contribution in [0.5, 0.6) is 0 Å². The Morgan fingerprint density at radius 2 is 1.83 bits per heavy atom. The third-order valence-corrected chi connectivity index (χ3v) is 2.45. The van der Waals surface area contributed by atoms with Gasteiger partial charge in [0.2, 0.25) is 0 Å². The van der Waals surface area contributed by atoms with Gasteiger partial charge in [0, 0.05) is 24.1 Å². The molecule has 100 valence electrons. The number of hydrogen-bond donors (Lipinski definition) is 0. The molecule has 1 aromatic rings. The molecule has 0 saturated heterocycles. The SMILES string of the molecule is CCCCOC(=O)CCc1c(F)cc(F)cc1F. The fourth-order valence-corrected chi connectivity index (χ4v) is 1.44. The van der Waals surface area contributed by atoms with E-state index in [-0.39, 0.29) is 18.4 Å². The number of hydrogen-bond acceptors (Lipinski definition) is 2. The van der Waals surface area contributed by atoms with Crippen molar-refractivity contribution in [2.24, 2.45) is 0 Å². The van der Waals surface area contributed by atoms with Crippen molar-refractivity contribution in [2.45, 2.75) is 32.6 Å². The van der Waals surface area contributed by atoms with Gasteiger partial charge < -0.3 is 4.74 Å². The van der Waals surface area contributed by atoms with E-state index in [1.54, 1.807) is 0 Å². The molecule has 0 aliphatic rings. The van der Waals surface area contributed by atoms with E-state index < -0.39 is 23.4 Å². The van der Waals surface area contributed by atoms with Crippen LogP contribution in [0.25, 0.3) is 0 Å². The number of carbonyl (C=O) groups excluding carboxylic acids is 1. The van der Waals surface area contributed by atoms with Gasteiger partial charge in [0.15, 0.2) is 0 Å². The first-order chi connectivity index (χ1) is 8.54. The van der Waals surface area contributed by atoms with Crippen molar-refractivity contribution >= 4 is 5.97 Å². The minimum atomic E-state index is -0.978. The van der Waals surface area contributed by atoms with Crippen LogP contribution in [0.1, 0.15) is 31.7 Å². The minimum Gasteiger partial charge on any atom is -0.466 e. The van der Waals surface area contributed by atoms with E-state index in [9.17, 15) is 18.0 Å². The highest BCUT2D eigenvalue weighted by Crippen LogP contribution is 2.16. The maximum Gasteiger partial charge on any atom is 0.306 e. The van der Waals surface area contributed by atoms with E-state index in [0.717, 1.165) is 12.8 Å². The summed E-state index contributed by atoms with van der Waals surface area (Å²) in [4.78, 5) is 11.2. The molecule has 0 fully saturated rings. The molecule has 0 amide bonds. The normalized spacial score (nSPS) is 10.4. The zero-order valence-corrected chi connectivity index (χ0v) is 10.1. The molecule has 0 atom stereocenters. The number of unbranched alkanes of at least 4 members (excludes halogenated alkanes) is 1. The first-order valence-corrected chi connectivity index (χ1v) is 5.83. The number of esters is 1. The van der Waals surface area contributed by atoms with Gasteiger partial charge in [0.25, 0.3) is 0 Å². The van der Waals surface area contributed by atoms with Crippen molar-refractivity contribution in [1.82, 2.24) is 0 Å². The first-order valence-electron chi connectivity index (χ1n) is 5.83. The van der Waals surface area contributed by atoms with Gasteiger partial charge in [0.05, 0.1) is 6.61 Å². The van der Waals surface area contributed by atoms with Crippen molar-refractivity contribution in [1.29, 1.82) is 0 Å². The van der Waals surface area contributed by atoms with Crippen LogP contribution in [-0.2, 0) is 16.0 Å². The molecule has 0 aliphatic heterocycles. The van der Waals surface area contributed by atoms with Gasteiger partial charge in [-0.3, -0.25) is 4.79 Å². The maximum atomic E-state index is 13.2. The fourth-order valence-electron chi connectivity index (χ4n) is 1.44. The topological polar surface area (TPSA) is 26.3 Å². The second kappa shape index (κ2) is 7.03. The molecule has 1 aromatic carbocycles. The van der Waals surface area contributed by atoms with Crippen LogP contribution in [0.2, 0.25) is 0 Å². The summed E-state index contributed by atoms with van der Waals surface area (Å²) in [6.07, 6.45) is 1.39. The number of halogens is 3. The quantitative estimate of drug-likeness (QED) is 0.579. The zero-order chi connectivity index (χ0) is 13.5. The van der Waals surface area contributed by atoms with Crippen LogP contribution in [0.15, 0.2) is 12.1 Å². The van der Waals surface area contributed by atoms with E-state index >= 15 is 0 Å². The summed E-state index contributed by atoms with van der Waals surface area (Å²) in [5.74, 6) is -3.44. The van der Waals surface area contributed by atoms with Gasteiger partial charge in [-0.05, 0) is 12.8 Å². The Hall–Kier alpha value is -1.52. The lowest BCUT2D eigenvalue weighted by Crippen LogP contribution is -2.08. The second-order valence-electron chi connectivity index (χ2n) is 3.92. The summed E-state index contributed by atoms with van der Waals surface area (Å²) in [7, 11) is 0. The Morgan fingerprint density at radius 3 is 2.39 bits per heavy atom. The molecule has 1 rings (SSSR count). The minimum absolute atomic E-state index is 0.122. The Labute approximate surface area is 104 Å². The summed E-state index contributed by atoms with van der Waals surface area (Å²) in [5, 5.41) is 0. The second-order valence-corrected chi connectivity index (χ2v) is 3.92. The van der Waals surface area contributed by atoms with E-state index in [1.807, 2.05) is 6.92 Å². The first kappa shape index (κ1) is 14.5. The molecular formula is C13H15F3O2. The van der Waals surface area contributed by atoms with Gasteiger partial charge in [-0.15, -0.1) is 0 Å². The lowest BCUT2D eigenvalue weighted by molar-refractivity contribution is -0.143. The zero-order valence-electron chi connectivity index (χ0n) is 10.1. The molecule has 0 saturated carbocycles. The third-order valence-electron chi connectivity index (χ3n) is 2.45. The highest BCUT2D eigenvalue weighted by molar-refractivity contribution is 5.69. The van der Waals surface area contributed by atoms with Crippen molar-refractivity contribution < 1.29 is 22.7 Å². The number of ether oxygens (including phenoxy) is 1. The van der Waals surface area contributed by atoms with E-state index in [2.05, 4.69) is 0 Å². The van der Waals surface area contributed by atoms with Gasteiger partial charge in [-0.2, -0.15) is 0 Å². The molecule has 0 aromatic heterocycles. The van der Waals surface area contributed by atoms with Crippen LogP contribution >= 0.6 is 0 Å². The Kier molecular flexibility index (Phi) is 5.68. The molecule has 0 bridgehead atoms. The van der Waals surface area contributed by atoms with E-state index in [0.29, 0.717) is 18.7 Å². The summed E-state index contributed by atoms with van der Waals surface area (Å²) < 4.78 is 44.0. The predicted molar refractivity (Wildman–Crippen MR) is 60.5 cm³/mol. The Morgan fingerprint density at radius 1 is 1.22 bits per heavy atom. The monoisotopic (exact) mass is 260 g/mol. The van der Waals surface area contributed by atoms with E-state index in [1.165, 1.54) is 0 Å². The average molecular weight is 260 g/mol. The Balaban J connectivity index is 2.51. The number of benzene rings is 1. The molecule has 5 heteroatoms. The standard InChI is InChI=1S/C13H15F3O2/c1-2-3-6-18-13(17)5-4-10-11(15)7-9(14)8-12(10)16/h7-8H,2-6H2,1H3. The molecule has 0 radical (unpaired) electrons. The van der Waals surface area contributed by atoms with Crippen LogP contribution in [0, 0.1) is 17.5 Å². The Bertz CT molecular complexity index is 396. The number of rotatable bonds is 6. The summed E-state index contributed by atoms with van der Waals surface area (Å²) in [6.45, 7) is 2.26. The molecule has 18 heavy (non-hydrogen) atoms. The lowest BCUT2D eigenvalue weighted by Gasteiger charge is -2.06. The fraction of sp³-hybridized carbons (Fsp3) is 0.462. The van der Waals surface area contributed by atoms with Crippen LogP contribution in [-0.4, -0.2) is 12.6 Å². The molecule has 0 unspecified atom stereocenters. The summed E-state index contributed by atoms with van der Waals surface area (Å²) in [6, 6.07) is 1.20. The highest BCUT2D eigenvalue weighted by Gasteiger charge is 2.13. The summed E-state index contributed by atoms with van der Waals surface area (Å²) in [5.41, 5.74) is -0.288. The molecule has 0 spiro atoms. The summed E-state index contributed by atoms with van der Waals surface area (Å²) >= 11 is 0. The lowest BCUT2D eigenvalue weighted by atomic mass is 10.1. The molecule has 0 N–H and O–H groups in total. The highest BCUT2D eigenvalue weighted by atomic mass is 19.1. The van der Waals surface area contributed by atoms with Crippen molar-refractivity contribution in [3.05, 3.63) is 35.1 Å². The molecule has 2 nitrogen and oxygen atoms in total. The number of carbonyl (C=O) groups is 1. The van der Waals surface area contributed by atoms with Crippen LogP contribution in [0.4, 0.5) is 13.2 Å². The van der Waals surface area contributed by atoms with Gasteiger partial charge in [-0.1, -0.05) is 13.3 Å². The predicted octanol–water partition coefficient (Wildman–Crippen LogP) is 3.38. The van der Waals surface area contributed by atoms with Crippen LogP contribution < -0.4 is 0 Å². The van der Waals surface area contributed by atoms with Crippen LogP contribution in [0.3, 0.4) is 0 Å². The van der Waals surface area contributed by atoms with Gasteiger partial charge >= 0.3 is 5.97 Å². The maximum absolute atomic E-state index is 13.2.